The summed E-state index contributed by atoms with van der Waals surface area (Å²) in [7, 11) is 0. The zero-order valence-corrected chi connectivity index (χ0v) is 13.8. The Morgan fingerprint density at radius 2 is 1.90 bits per heavy atom. The predicted molar refractivity (Wildman–Crippen MR) is 92.1 cm³/mol. The minimum Gasteiger partial charge on any atom is -0.384 e. The third-order valence-electron chi connectivity index (χ3n) is 3.18. The summed E-state index contributed by atoms with van der Waals surface area (Å²) in [5.41, 5.74) is 3.38. The van der Waals surface area contributed by atoms with Crippen LogP contribution in [-0.4, -0.2) is 12.5 Å². The van der Waals surface area contributed by atoms with E-state index in [4.69, 9.17) is 0 Å². The van der Waals surface area contributed by atoms with Crippen LogP contribution < -0.4 is 10.6 Å². The van der Waals surface area contributed by atoms with E-state index in [1.54, 1.807) is 0 Å². The molecule has 3 nitrogen and oxygen atoms in total. The first-order chi connectivity index (χ1) is 10.1. The summed E-state index contributed by atoms with van der Waals surface area (Å²) in [6, 6.07) is 13.4. The summed E-state index contributed by atoms with van der Waals surface area (Å²) in [5.74, 6) is -0.101. The maximum absolute atomic E-state index is 12.5. The number of carbonyl (C=O) groups is 1. The van der Waals surface area contributed by atoms with Crippen LogP contribution in [-0.2, 0) is 0 Å². The van der Waals surface area contributed by atoms with E-state index in [9.17, 15) is 4.79 Å². The van der Waals surface area contributed by atoms with Crippen molar-refractivity contribution in [1.82, 2.24) is 0 Å². The Labute approximate surface area is 133 Å². The molecule has 0 aliphatic rings. The Balaban J connectivity index is 2.22. The molecular formula is C17H19BrN2O. The quantitative estimate of drug-likeness (QED) is 0.813. The van der Waals surface area contributed by atoms with Gasteiger partial charge in [0.05, 0.1) is 5.56 Å². The second-order valence-corrected chi connectivity index (χ2v) is 5.80. The third kappa shape index (κ3) is 4.08. The van der Waals surface area contributed by atoms with Gasteiger partial charge in [-0.3, -0.25) is 4.79 Å². The molecule has 110 valence electrons. The van der Waals surface area contributed by atoms with Gasteiger partial charge in [0.25, 0.3) is 5.91 Å². The fraction of sp³-hybridized carbons (Fsp3) is 0.235. The lowest BCUT2D eigenvalue weighted by Gasteiger charge is -2.13. The Kier molecular flexibility index (Phi) is 5.39. The van der Waals surface area contributed by atoms with Gasteiger partial charge in [-0.2, -0.15) is 0 Å². The van der Waals surface area contributed by atoms with Crippen molar-refractivity contribution >= 4 is 33.2 Å². The molecule has 0 spiro atoms. The minimum absolute atomic E-state index is 0.101. The predicted octanol–water partition coefficient (Wildman–Crippen LogP) is 4.83. The van der Waals surface area contributed by atoms with Crippen molar-refractivity contribution < 1.29 is 4.79 Å². The molecule has 2 aromatic carbocycles. The summed E-state index contributed by atoms with van der Waals surface area (Å²) in [5, 5.41) is 6.26. The Hall–Kier alpha value is -1.81. The first kappa shape index (κ1) is 15.6. The zero-order valence-electron chi connectivity index (χ0n) is 12.2. The van der Waals surface area contributed by atoms with Crippen LogP contribution in [0.25, 0.3) is 0 Å². The van der Waals surface area contributed by atoms with E-state index in [1.165, 1.54) is 0 Å². The van der Waals surface area contributed by atoms with Gasteiger partial charge >= 0.3 is 0 Å². The molecule has 0 saturated carbocycles. The molecule has 2 aromatic rings. The van der Waals surface area contributed by atoms with Gasteiger partial charge < -0.3 is 10.6 Å². The second kappa shape index (κ2) is 7.27. The van der Waals surface area contributed by atoms with Gasteiger partial charge in [0.15, 0.2) is 0 Å². The Morgan fingerprint density at radius 3 is 2.67 bits per heavy atom. The monoisotopic (exact) mass is 346 g/mol. The molecule has 0 unspecified atom stereocenters. The van der Waals surface area contributed by atoms with Crippen molar-refractivity contribution in [1.29, 1.82) is 0 Å². The topological polar surface area (TPSA) is 41.1 Å². The molecule has 21 heavy (non-hydrogen) atoms. The summed E-state index contributed by atoms with van der Waals surface area (Å²) in [4.78, 5) is 12.5. The van der Waals surface area contributed by atoms with Crippen LogP contribution in [0, 0.1) is 6.92 Å². The first-order valence-electron chi connectivity index (χ1n) is 7.02. The molecule has 1 amide bonds. The molecule has 0 heterocycles. The summed E-state index contributed by atoms with van der Waals surface area (Å²) in [6.07, 6.45) is 1.01. The minimum atomic E-state index is -0.101. The molecular weight excluding hydrogens is 328 g/mol. The number of amides is 1. The molecule has 0 aromatic heterocycles. The second-order valence-electron chi connectivity index (χ2n) is 4.89. The molecule has 0 bridgehead atoms. The van der Waals surface area contributed by atoms with Crippen LogP contribution in [0.2, 0.25) is 0 Å². The van der Waals surface area contributed by atoms with Gasteiger partial charge in [-0.25, -0.2) is 0 Å². The molecule has 0 radical (unpaired) electrons. The number of nitrogens with one attached hydrogen (secondary N) is 2. The molecule has 0 aliphatic heterocycles. The van der Waals surface area contributed by atoms with E-state index in [2.05, 4.69) is 33.5 Å². The van der Waals surface area contributed by atoms with Crippen LogP contribution in [0.3, 0.4) is 0 Å². The van der Waals surface area contributed by atoms with Gasteiger partial charge in [0, 0.05) is 22.4 Å². The van der Waals surface area contributed by atoms with E-state index in [1.807, 2.05) is 49.4 Å². The number of aryl methyl sites for hydroxylation is 1. The van der Waals surface area contributed by atoms with E-state index in [0.717, 1.165) is 34.4 Å². The SMILES string of the molecule is CCCNc1ccccc1C(=O)Nc1cc(Br)ccc1C. The Bertz CT molecular complexity index is 640. The highest BCUT2D eigenvalue weighted by molar-refractivity contribution is 9.10. The van der Waals surface area contributed by atoms with Crippen LogP contribution >= 0.6 is 15.9 Å². The van der Waals surface area contributed by atoms with E-state index >= 15 is 0 Å². The lowest BCUT2D eigenvalue weighted by Crippen LogP contribution is -2.15. The molecule has 2 N–H and O–H groups in total. The number of rotatable bonds is 5. The molecule has 0 atom stereocenters. The van der Waals surface area contributed by atoms with Crippen LogP contribution in [0.5, 0.6) is 0 Å². The van der Waals surface area contributed by atoms with Crippen LogP contribution in [0.4, 0.5) is 11.4 Å². The maximum atomic E-state index is 12.5. The highest BCUT2D eigenvalue weighted by atomic mass is 79.9. The summed E-state index contributed by atoms with van der Waals surface area (Å²) >= 11 is 3.43. The molecule has 4 heteroatoms. The van der Waals surface area contributed by atoms with Crippen molar-refractivity contribution in [2.24, 2.45) is 0 Å². The summed E-state index contributed by atoms with van der Waals surface area (Å²) in [6.45, 7) is 4.92. The maximum Gasteiger partial charge on any atom is 0.257 e. The van der Waals surface area contributed by atoms with Gasteiger partial charge in [-0.15, -0.1) is 0 Å². The molecule has 2 rings (SSSR count). The van der Waals surface area contributed by atoms with Crippen molar-refractivity contribution in [3.63, 3.8) is 0 Å². The fourth-order valence-corrected chi connectivity index (χ4v) is 2.37. The number of halogens is 1. The van der Waals surface area contributed by atoms with Crippen molar-refractivity contribution in [2.45, 2.75) is 20.3 Å². The highest BCUT2D eigenvalue weighted by Crippen LogP contribution is 2.23. The lowest BCUT2D eigenvalue weighted by atomic mass is 10.1. The van der Waals surface area contributed by atoms with E-state index < -0.39 is 0 Å². The van der Waals surface area contributed by atoms with Gasteiger partial charge in [-0.05, 0) is 43.2 Å². The van der Waals surface area contributed by atoms with Crippen molar-refractivity contribution in [3.05, 3.63) is 58.1 Å². The number of hydrogen-bond donors (Lipinski definition) is 2. The standard InChI is InChI=1S/C17H19BrN2O/c1-3-10-19-15-7-5-4-6-14(15)17(21)20-16-11-13(18)9-8-12(16)2/h4-9,11,19H,3,10H2,1-2H3,(H,20,21). The lowest BCUT2D eigenvalue weighted by molar-refractivity contribution is 0.102. The number of carbonyl (C=O) groups excluding carboxylic acids is 1. The van der Waals surface area contributed by atoms with Crippen LogP contribution in [0.1, 0.15) is 29.3 Å². The molecule has 0 aliphatic carbocycles. The molecule has 0 saturated heterocycles. The van der Waals surface area contributed by atoms with Crippen LogP contribution in [0.15, 0.2) is 46.9 Å². The number of benzene rings is 2. The van der Waals surface area contributed by atoms with Gasteiger partial charge in [0.1, 0.15) is 0 Å². The van der Waals surface area contributed by atoms with Gasteiger partial charge in [0.2, 0.25) is 0 Å². The first-order valence-corrected chi connectivity index (χ1v) is 7.81. The Morgan fingerprint density at radius 1 is 1.14 bits per heavy atom. The van der Waals surface area contributed by atoms with Crippen molar-refractivity contribution in [3.8, 4) is 0 Å². The summed E-state index contributed by atoms with van der Waals surface area (Å²) < 4.78 is 0.945. The largest absolute Gasteiger partial charge is 0.384 e. The normalized spacial score (nSPS) is 10.2. The molecule has 0 fully saturated rings. The van der Waals surface area contributed by atoms with E-state index in [0.29, 0.717) is 5.56 Å². The van der Waals surface area contributed by atoms with E-state index in [-0.39, 0.29) is 5.91 Å². The fourth-order valence-electron chi connectivity index (χ4n) is 2.01. The number of para-hydroxylation sites is 1. The average Bonchev–Trinajstić information content (AvgIpc) is 2.49. The number of hydrogen-bond acceptors (Lipinski definition) is 2. The van der Waals surface area contributed by atoms with Crippen molar-refractivity contribution in [2.75, 3.05) is 17.2 Å². The van der Waals surface area contributed by atoms with Gasteiger partial charge in [-0.1, -0.05) is 41.1 Å². The zero-order chi connectivity index (χ0) is 15.2. The smallest absolute Gasteiger partial charge is 0.257 e. The average molecular weight is 347 g/mol. The third-order valence-corrected chi connectivity index (χ3v) is 3.68. The number of anilines is 2. The highest BCUT2D eigenvalue weighted by Gasteiger charge is 2.12.